The maximum absolute atomic E-state index is 13.9. The van der Waals surface area contributed by atoms with E-state index in [0.29, 0.717) is 5.56 Å². The van der Waals surface area contributed by atoms with Crippen molar-refractivity contribution in [2.24, 2.45) is 5.73 Å². The Morgan fingerprint density at radius 1 is 1.10 bits per heavy atom. The standard InChI is InChI=1S/C17H20FNO/c1-11(2)20-14-6-4-5-13(10-14)17(19)15-9-12(3)7-8-16(15)18/h4-11,17H,19H2,1-3H3. The maximum atomic E-state index is 13.9. The third kappa shape index (κ3) is 3.36. The third-order valence-corrected chi connectivity index (χ3v) is 3.08. The number of hydrogen-bond acceptors (Lipinski definition) is 2. The van der Waals surface area contributed by atoms with E-state index in [0.717, 1.165) is 16.9 Å². The van der Waals surface area contributed by atoms with Crippen molar-refractivity contribution >= 4 is 0 Å². The summed E-state index contributed by atoms with van der Waals surface area (Å²) in [5.41, 5.74) is 8.53. The van der Waals surface area contributed by atoms with Gasteiger partial charge in [-0.2, -0.15) is 0 Å². The molecular formula is C17H20FNO. The fraction of sp³-hybridized carbons (Fsp3) is 0.294. The Hall–Kier alpha value is -1.87. The molecule has 0 bridgehead atoms. The minimum Gasteiger partial charge on any atom is -0.491 e. The summed E-state index contributed by atoms with van der Waals surface area (Å²) in [6.45, 7) is 5.85. The first-order chi connectivity index (χ1) is 9.47. The molecule has 0 fully saturated rings. The molecule has 0 heterocycles. The van der Waals surface area contributed by atoms with Crippen molar-refractivity contribution in [2.75, 3.05) is 0 Å². The van der Waals surface area contributed by atoms with E-state index in [9.17, 15) is 4.39 Å². The number of aryl methyl sites for hydroxylation is 1. The minimum atomic E-state index is -0.495. The Labute approximate surface area is 119 Å². The molecule has 1 unspecified atom stereocenters. The summed E-state index contributed by atoms with van der Waals surface area (Å²) in [5, 5.41) is 0. The van der Waals surface area contributed by atoms with Crippen molar-refractivity contribution in [2.45, 2.75) is 32.9 Å². The lowest BCUT2D eigenvalue weighted by Crippen LogP contribution is -2.14. The molecule has 2 N–H and O–H groups in total. The first-order valence-electron chi connectivity index (χ1n) is 6.75. The van der Waals surface area contributed by atoms with Gasteiger partial charge in [0.05, 0.1) is 12.1 Å². The highest BCUT2D eigenvalue weighted by Crippen LogP contribution is 2.26. The van der Waals surface area contributed by atoms with Gasteiger partial charge in [-0.1, -0.05) is 29.8 Å². The molecule has 0 aliphatic rings. The van der Waals surface area contributed by atoms with Crippen LogP contribution < -0.4 is 10.5 Å². The quantitative estimate of drug-likeness (QED) is 0.914. The van der Waals surface area contributed by atoms with Crippen molar-refractivity contribution in [3.8, 4) is 5.75 Å². The molecule has 0 aromatic heterocycles. The fourth-order valence-electron chi connectivity index (χ4n) is 2.13. The van der Waals surface area contributed by atoms with Gasteiger partial charge in [0, 0.05) is 5.56 Å². The van der Waals surface area contributed by atoms with Gasteiger partial charge < -0.3 is 10.5 Å². The Balaban J connectivity index is 2.33. The number of ether oxygens (including phenoxy) is 1. The fourth-order valence-corrected chi connectivity index (χ4v) is 2.13. The summed E-state index contributed by atoms with van der Waals surface area (Å²) in [4.78, 5) is 0. The van der Waals surface area contributed by atoms with Crippen molar-refractivity contribution in [3.63, 3.8) is 0 Å². The third-order valence-electron chi connectivity index (χ3n) is 3.08. The second-order valence-corrected chi connectivity index (χ2v) is 5.24. The molecule has 0 aliphatic carbocycles. The molecule has 0 amide bonds. The van der Waals surface area contributed by atoms with E-state index in [1.54, 1.807) is 12.1 Å². The van der Waals surface area contributed by atoms with Gasteiger partial charge in [-0.25, -0.2) is 4.39 Å². The van der Waals surface area contributed by atoms with E-state index in [4.69, 9.17) is 10.5 Å². The molecule has 106 valence electrons. The minimum absolute atomic E-state index is 0.0946. The van der Waals surface area contributed by atoms with E-state index in [1.807, 2.05) is 45.0 Å². The molecule has 1 atom stereocenters. The van der Waals surface area contributed by atoms with Gasteiger partial charge in [0.25, 0.3) is 0 Å². The van der Waals surface area contributed by atoms with Crippen molar-refractivity contribution < 1.29 is 9.13 Å². The van der Waals surface area contributed by atoms with Gasteiger partial charge in [0.15, 0.2) is 0 Å². The summed E-state index contributed by atoms with van der Waals surface area (Å²) >= 11 is 0. The first-order valence-corrected chi connectivity index (χ1v) is 6.75. The van der Waals surface area contributed by atoms with Crippen molar-refractivity contribution in [3.05, 3.63) is 65.0 Å². The zero-order chi connectivity index (χ0) is 14.7. The molecule has 0 radical (unpaired) electrons. The van der Waals surface area contributed by atoms with Crippen LogP contribution in [0, 0.1) is 12.7 Å². The topological polar surface area (TPSA) is 35.2 Å². The summed E-state index contributed by atoms with van der Waals surface area (Å²) in [6.07, 6.45) is 0.0946. The zero-order valence-corrected chi connectivity index (χ0v) is 12.1. The van der Waals surface area contributed by atoms with Gasteiger partial charge in [0.1, 0.15) is 11.6 Å². The lowest BCUT2D eigenvalue weighted by molar-refractivity contribution is 0.242. The lowest BCUT2D eigenvalue weighted by Gasteiger charge is -2.16. The van der Waals surface area contributed by atoms with Crippen molar-refractivity contribution in [1.82, 2.24) is 0 Å². The molecule has 0 spiro atoms. The Bertz CT molecular complexity index is 595. The molecule has 2 rings (SSSR count). The van der Waals surface area contributed by atoms with Crippen LogP contribution in [0.25, 0.3) is 0 Å². The van der Waals surface area contributed by atoms with Crippen molar-refractivity contribution in [1.29, 1.82) is 0 Å². The van der Waals surface area contributed by atoms with Crippen LogP contribution in [0.3, 0.4) is 0 Å². The van der Waals surface area contributed by atoms with Gasteiger partial charge in [-0.3, -0.25) is 0 Å². The predicted octanol–water partition coefficient (Wildman–Crippen LogP) is 3.97. The van der Waals surface area contributed by atoms with Gasteiger partial charge in [-0.15, -0.1) is 0 Å². The molecule has 0 aliphatic heterocycles. The lowest BCUT2D eigenvalue weighted by atomic mass is 9.97. The summed E-state index contributed by atoms with van der Waals surface area (Å²) < 4.78 is 19.6. The average Bonchev–Trinajstić information content (AvgIpc) is 2.40. The van der Waals surface area contributed by atoms with E-state index in [2.05, 4.69) is 0 Å². The monoisotopic (exact) mass is 273 g/mol. The Kier molecular flexibility index (Phi) is 4.40. The molecule has 20 heavy (non-hydrogen) atoms. The zero-order valence-electron chi connectivity index (χ0n) is 12.1. The largest absolute Gasteiger partial charge is 0.491 e. The highest BCUT2D eigenvalue weighted by molar-refractivity contribution is 5.38. The second-order valence-electron chi connectivity index (χ2n) is 5.24. The van der Waals surface area contributed by atoms with Gasteiger partial charge in [-0.05, 0) is 44.5 Å². The summed E-state index contributed by atoms with van der Waals surface area (Å²) in [5.74, 6) is 0.472. The SMILES string of the molecule is Cc1ccc(F)c(C(N)c2cccc(OC(C)C)c2)c1. The number of hydrogen-bond donors (Lipinski definition) is 1. The normalized spacial score (nSPS) is 12.5. The van der Waals surface area contributed by atoms with Crippen LogP contribution >= 0.6 is 0 Å². The Morgan fingerprint density at radius 2 is 1.85 bits per heavy atom. The smallest absolute Gasteiger partial charge is 0.128 e. The first kappa shape index (κ1) is 14.5. The number of halogens is 1. The molecule has 3 heteroatoms. The van der Waals surface area contributed by atoms with Crippen LogP contribution in [-0.2, 0) is 0 Å². The Morgan fingerprint density at radius 3 is 2.55 bits per heavy atom. The van der Waals surface area contributed by atoms with Gasteiger partial charge in [0.2, 0.25) is 0 Å². The number of rotatable bonds is 4. The van der Waals surface area contributed by atoms with Crippen LogP contribution in [0.5, 0.6) is 5.75 Å². The molecular weight excluding hydrogens is 253 g/mol. The second kappa shape index (κ2) is 6.06. The molecule has 2 aromatic rings. The predicted molar refractivity (Wildman–Crippen MR) is 79.4 cm³/mol. The summed E-state index contributed by atoms with van der Waals surface area (Å²) in [7, 11) is 0. The molecule has 0 saturated heterocycles. The van der Waals surface area contributed by atoms with Gasteiger partial charge >= 0.3 is 0 Å². The van der Waals surface area contributed by atoms with E-state index < -0.39 is 6.04 Å². The maximum Gasteiger partial charge on any atom is 0.128 e. The van der Waals surface area contributed by atoms with Crippen LogP contribution in [0.1, 0.15) is 36.6 Å². The van der Waals surface area contributed by atoms with Crippen LogP contribution in [0.4, 0.5) is 4.39 Å². The van der Waals surface area contributed by atoms with Crippen LogP contribution in [0.2, 0.25) is 0 Å². The molecule has 2 nitrogen and oxygen atoms in total. The highest BCUT2D eigenvalue weighted by atomic mass is 19.1. The molecule has 0 saturated carbocycles. The van der Waals surface area contributed by atoms with E-state index in [-0.39, 0.29) is 11.9 Å². The number of nitrogens with two attached hydrogens (primary N) is 1. The average molecular weight is 273 g/mol. The highest BCUT2D eigenvalue weighted by Gasteiger charge is 2.14. The van der Waals surface area contributed by atoms with Crippen LogP contribution in [0.15, 0.2) is 42.5 Å². The molecule has 2 aromatic carbocycles. The summed E-state index contributed by atoms with van der Waals surface area (Å²) in [6, 6.07) is 12.0. The van der Waals surface area contributed by atoms with E-state index >= 15 is 0 Å². The van der Waals surface area contributed by atoms with Crippen LogP contribution in [-0.4, -0.2) is 6.10 Å². The van der Waals surface area contributed by atoms with E-state index in [1.165, 1.54) is 6.07 Å². The number of benzene rings is 2.